The molecule has 1 heterocycles. The van der Waals surface area contributed by atoms with Crippen molar-refractivity contribution in [2.75, 3.05) is 6.54 Å². The third-order valence-electron chi connectivity index (χ3n) is 3.01. The molecule has 1 aromatic rings. The smallest absolute Gasteiger partial charge is 0.159 e. The van der Waals surface area contributed by atoms with Crippen LogP contribution in [-0.4, -0.2) is 17.7 Å². The number of benzene rings is 1. The second-order valence-corrected chi connectivity index (χ2v) is 4.17. The minimum absolute atomic E-state index is 0.0568. The zero-order valence-corrected chi connectivity index (χ0v) is 8.92. The van der Waals surface area contributed by atoms with Crippen molar-refractivity contribution in [3.05, 3.63) is 35.4 Å². The molecule has 0 radical (unpaired) electrons. The molecule has 88 valence electrons. The average Bonchev–Trinajstić information content (AvgIpc) is 2.33. The van der Waals surface area contributed by atoms with Crippen LogP contribution in [0.5, 0.6) is 0 Å². The first-order valence-electron chi connectivity index (χ1n) is 5.55. The van der Waals surface area contributed by atoms with Crippen molar-refractivity contribution in [3.63, 3.8) is 0 Å². The first-order valence-corrected chi connectivity index (χ1v) is 5.55. The second kappa shape index (κ2) is 4.89. The van der Waals surface area contributed by atoms with Crippen molar-refractivity contribution >= 4 is 0 Å². The van der Waals surface area contributed by atoms with Gasteiger partial charge >= 0.3 is 0 Å². The van der Waals surface area contributed by atoms with Crippen LogP contribution in [0, 0.1) is 11.6 Å². The van der Waals surface area contributed by atoms with Gasteiger partial charge in [-0.1, -0.05) is 12.5 Å². The van der Waals surface area contributed by atoms with E-state index < -0.39 is 17.7 Å². The molecule has 16 heavy (non-hydrogen) atoms. The highest BCUT2D eigenvalue weighted by molar-refractivity contribution is 5.21. The van der Waals surface area contributed by atoms with E-state index in [0.717, 1.165) is 37.9 Å². The van der Waals surface area contributed by atoms with Crippen LogP contribution in [-0.2, 0) is 0 Å². The summed E-state index contributed by atoms with van der Waals surface area (Å²) in [6, 6.07) is 3.49. The van der Waals surface area contributed by atoms with E-state index in [1.54, 1.807) is 0 Å². The molecule has 2 nitrogen and oxygen atoms in total. The summed E-state index contributed by atoms with van der Waals surface area (Å²) in [5, 5.41) is 13.2. The van der Waals surface area contributed by atoms with E-state index in [1.165, 1.54) is 6.07 Å². The van der Waals surface area contributed by atoms with Gasteiger partial charge in [0.2, 0.25) is 0 Å². The molecule has 0 bridgehead atoms. The Hall–Kier alpha value is -1.00. The summed E-state index contributed by atoms with van der Waals surface area (Å²) in [5.74, 6) is -1.79. The number of nitrogens with one attached hydrogen (secondary N) is 1. The fraction of sp³-hybridized carbons (Fsp3) is 0.500. The molecule has 2 atom stereocenters. The number of aliphatic hydroxyl groups excluding tert-OH is 1. The standard InChI is InChI=1S/C12H15F2NO/c13-9-5-4-8(7-10(9)14)12(16)11-3-1-2-6-15-11/h4-5,7,11-12,15-16H,1-3,6H2. The maximum Gasteiger partial charge on any atom is 0.159 e. The lowest BCUT2D eigenvalue weighted by molar-refractivity contribution is 0.113. The van der Waals surface area contributed by atoms with Gasteiger partial charge in [0.15, 0.2) is 11.6 Å². The van der Waals surface area contributed by atoms with Gasteiger partial charge in [-0.3, -0.25) is 0 Å². The molecule has 0 aliphatic carbocycles. The molecule has 1 aliphatic rings. The number of piperidine rings is 1. The molecule has 2 rings (SSSR count). The van der Waals surface area contributed by atoms with E-state index in [1.807, 2.05) is 0 Å². The minimum Gasteiger partial charge on any atom is -0.387 e. The second-order valence-electron chi connectivity index (χ2n) is 4.17. The monoisotopic (exact) mass is 227 g/mol. The first kappa shape index (κ1) is 11.5. The molecule has 1 aromatic carbocycles. The van der Waals surface area contributed by atoms with Gasteiger partial charge in [-0.2, -0.15) is 0 Å². The van der Waals surface area contributed by atoms with Gasteiger partial charge in [0, 0.05) is 6.04 Å². The van der Waals surface area contributed by atoms with E-state index in [-0.39, 0.29) is 6.04 Å². The summed E-state index contributed by atoms with van der Waals surface area (Å²) in [5.41, 5.74) is 0.429. The predicted molar refractivity (Wildman–Crippen MR) is 57.0 cm³/mol. The van der Waals surface area contributed by atoms with Crippen LogP contribution in [0.1, 0.15) is 30.9 Å². The minimum atomic E-state index is -0.910. The fourth-order valence-electron chi connectivity index (χ4n) is 2.08. The Labute approximate surface area is 93.3 Å². The Morgan fingerprint density at radius 3 is 2.69 bits per heavy atom. The van der Waals surface area contributed by atoms with E-state index in [0.29, 0.717) is 5.56 Å². The van der Waals surface area contributed by atoms with Gasteiger partial charge in [0.25, 0.3) is 0 Å². The predicted octanol–water partition coefficient (Wildman–Crippen LogP) is 2.14. The highest BCUT2D eigenvalue weighted by atomic mass is 19.2. The number of halogens is 2. The lowest BCUT2D eigenvalue weighted by atomic mass is 9.95. The third-order valence-corrected chi connectivity index (χ3v) is 3.01. The number of hydrogen-bond acceptors (Lipinski definition) is 2. The molecule has 1 aliphatic heterocycles. The Kier molecular flexibility index (Phi) is 3.51. The summed E-state index contributed by atoms with van der Waals surface area (Å²) >= 11 is 0. The molecular weight excluding hydrogens is 212 g/mol. The molecule has 0 aromatic heterocycles. The summed E-state index contributed by atoms with van der Waals surface area (Å²) in [6.07, 6.45) is 2.25. The Bertz CT molecular complexity index is 364. The van der Waals surface area contributed by atoms with Gasteiger partial charge < -0.3 is 10.4 Å². The zero-order valence-electron chi connectivity index (χ0n) is 8.92. The van der Waals surface area contributed by atoms with E-state index in [2.05, 4.69) is 5.32 Å². The van der Waals surface area contributed by atoms with Gasteiger partial charge in [-0.05, 0) is 37.1 Å². The lowest BCUT2D eigenvalue weighted by Crippen LogP contribution is -2.38. The molecular formula is C12H15F2NO. The normalized spacial score (nSPS) is 23.1. The van der Waals surface area contributed by atoms with Crippen LogP contribution in [0.3, 0.4) is 0 Å². The quantitative estimate of drug-likeness (QED) is 0.811. The molecule has 1 saturated heterocycles. The van der Waals surface area contributed by atoms with Crippen molar-refractivity contribution in [2.24, 2.45) is 0 Å². The van der Waals surface area contributed by atoms with Crippen LogP contribution < -0.4 is 5.32 Å². The maximum absolute atomic E-state index is 13.0. The van der Waals surface area contributed by atoms with Crippen LogP contribution in [0.2, 0.25) is 0 Å². The first-order chi connectivity index (χ1) is 7.68. The Morgan fingerprint density at radius 2 is 2.06 bits per heavy atom. The molecule has 2 unspecified atom stereocenters. The van der Waals surface area contributed by atoms with Crippen LogP contribution in [0.25, 0.3) is 0 Å². The van der Waals surface area contributed by atoms with Gasteiger partial charge in [-0.25, -0.2) is 8.78 Å². The van der Waals surface area contributed by atoms with Crippen molar-refractivity contribution in [1.29, 1.82) is 0 Å². The summed E-state index contributed by atoms with van der Waals surface area (Å²) in [6.45, 7) is 0.866. The zero-order chi connectivity index (χ0) is 11.5. The van der Waals surface area contributed by atoms with Gasteiger partial charge in [0.05, 0.1) is 6.10 Å². The number of hydrogen-bond donors (Lipinski definition) is 2. The molecule has 0 amide bonds. The molecule has 0 saturated carbocycles. The Balaban J connectivity index is 2.12. The van der Waals surface area contributed by atoms with Gasteiger partial charge in [-0.15, -0.1) is 0 Å². The fourth-order valence-corrected chi connectivity index (χ4v) is 2.08. The molecule has 0 spiro atoms. The lowest BCUT2D eigenvalue weighted by Gasteiger charge is -2.28. The maximum atomic E-state index is 13.0. The van der Waals surface area contributed by atoms with Crippen LogP contribution in [0.4, 0.5) is 8.78 Å². The van der Waals surface area contributed by atoms with E-state index >= 15 is 0 Å². The highest BCUT2D eigenvalue weighted by Gasteiger charge is 2.23. The number of rotatable bonds is 2. The van der Waals surface area contributed by atoms with Gasteiger partial charge in [0.1, 0.15) is 0 Å². The van der Waals surface area contributed by atoms with Crippen LogP contribution >= 0.6 is 0 Å². The molecule has 4 heteroatoms. The van der Waals surface area contributed by atoms with Crippen molar-refractivity contribution in [1.82, 2.24) is 5.32 Å². The Morgan fingerprint density at radius 1 is 1.25 bits per heavy atom. The summed E-state index contributed by atoms with van der Waals surface area (Å²) < 4.78 is 25.7. The highest BCUT2D eigenvalue weighted by Crippen LogP contribution is 2.23. The van der Waals surface area contributed by atoms with Crippen molar-refractivity contribution in [2.45, 2.75) is 31.4 Å². The van der Waals surface area contributed by atoms with Crippen molar-refractivity contribution in [3.8, 4) is 0 Å². The SMILES string of the molecule is OC(c1ccc(F)c(F)c1)C1CCCCN1. The molecule has 1 fully saturated rings. The topological polar surface area (TPSA) is 32.3 Å². The van der Waals surface area contributed by atoms with E-state index in [4.69, 9.17) is 0 Å². The summed E-state index contributed by atoms with van der Waals surface area (Å²) in [7, 11) is 0. The summed E-state index contributed by atoms with van der Waals surface area (Å²) in [4.78, 5) is 0. The van der Waals surface area contributed by atoms with Crippen LogP contribution in [0.15, 0.2) is 18.2 Å². The largest absolute Gasteiger partial charge is 0.387 e. The third kappa shape index (κ3) is 2.39. The van der Waals surface area contributed by atoms with Crippen molar-refractivity contribution < 1.29 is 13.9 Å². The molecule has 2 N–H and O–H groups in total. The number of aliphatic hydroxyl groups is 1. The average molecular weight is 227 g/mol. The van der Waals surface area contributed by atoms with E-state index in [9.17, 15) is 13.9 Å².